The summed E-state index contributed by atoms with van der Waals surface area (Å²) in [7, 11) is 0. The summed E-state index contributed by atoms with van der Waals surface area (Å²) in [5, 5.41) is 13.1. The highest BCUT2D eigenvalue weighted by molar-refractivity contribution is 7.20. The normalized spacial score (nSPS) is 13.5. The number of aromatic nitrogens is 2. The van der Waals surface area contributed by atoms with E-state index in [-0.39, 0.29) is 5.92 Å². The predicted molar refractivity (Wildman–Crippen MR) is 92.6 cm³/mol. The zero-order chi connectivity index (χ0) is 17.9. The third kappa shape index (κ3) is 3.48. The van der Waals surface area contributed by atoms with Crippen molar-refractivity contribution >= 4 is 39.3 Å². The van der Waals surface area contributed by atoms with Crippen molar-refractivity contribution in [3.8, 4) is 0 Å². The third-order valence-corrected chi connectivity index (χ3v) is 5.14. The van der Waals surface area contributed by atoms with E-state index >= 15 is 0 Å². The Balaban J connectivity index is 2.48. The molecule has 24 heavy (non-hydrogen) atoms. The molecule has 2 heterocycles. The Hall–Kier alpha value is -2.22. The molecule has 0 saturated carbocycles. The van der Waals surface area contributed by atoms with Crippen molar-refractivity contribution in [2.75, 3.05) is 11.9 Å². The molecule has 0 spiro atoms. The molecule has 2 aromatic rings. The van der Waals surface area contributed by atoms with Gasteiger partial charge in [0, 0.05) is 0 Å². The van der Waals surface area contributed by atoms with Crippen LogP contribution in [-0.4, -0.2) is 39.7 Å². The van der Waals surface area contributed by atoms with Crippen molar-refractivity contribution in [1.82, 2.24) is 9.97 Å². The standard InChI is InChI=1S/C16H21N3O4S/c1-5-8(3)11(15(20)21)19-13-10-9(4)12(16(22)23-6-2)24-14(10)18-7-17-13/h7-8,11H,5-6H2,1-4H3,(H,20,21)(H,17,18,19). The minimum absolute atomic E-state index is 0.0732. The first-order valence-electron chi connectivity index (χ1n) is 7.81. The SMILES string of the molecule is CCOC(=O)c1sc2ncnc(NC(C(=O)O)C(C)CC)c2c1C. The number of aryl methyl sites for hydroxylation is 1. The molecule has 7 nitrogen and oxygen atoms in total. The van der Waals surface area contributed by atoms with Crippen molar-refractivity contribution in [2.45, 2.75) is 40.2 Å². The lowest BCUT2D eigenvalue weighted by Crippen LogP contribution is -2.35. The average molecular weight is 351 g/mol. The van der Waals surface area contributed by atoms with Crippen LogP contribution in [-0.2, 0) is 9.53 Å². The maximum absolute atomic E-state index is 12.1. The number of thiophene rings is 1. The fourth-order valence-electron chi connectivity index (χ4n) is 2.40. The second-order valence-corrected chi connectivity index (χ2v) is 6.52. The molecule has 2 rings (SSSR count). The van der Waals surface area contributed by atoms with E-state index in [9.17, 15) is 14.7 Å². The molecule has 2 atom stereocenters. The highest BCUT2D eigenvalue weighted by Gasteiger charge is 2.26. The molecular weight excluding hydrogens is 330 g/mol. The van der Waals surface area contributed by atoms with Crippen molar-refractivity contribution in [2.24, 2.45) is 5.92 Å². The lowest BCUT2D eigenvalue weighted by atomic mass is 9.99. The van der Waals surface area contributed by atoms with E-state index in [1.54, 1.807) is 13.8 Å². The highest BCUT2D eigenvalue weighted by atomic mass is 32.1. The molecule has 0 aromatic carbocycles. The molecule has 0 amide bonds. The van der Waals surface area contributed by atoms with E-state index in [0.717, 1.165) is 6.42 Å². The molecule has 0 saturated heterocycles. The first-order chi connectivity index (χ1) is 11.4. The van der Waals surface area contributed by atoms with Crippen LogP contribution in [0.15, 0.2) is 6.33 Å². The van der Waals surface area contributed by atoms with Crippen molar-refractivity contribution in [3.63, 3.8) is 0 Å². The smallest absolute Gasteiger partial charge is 0.348 e. The van der Waals surface area contributed by atoms with Crippen LogP contribution < -0.4 is 5.32 Å². The molecule has 2 aromatic heterocycles. The number of carbonyl (C=O) groups excluding carboxylic acids is 1. The number of carboxylic acid groups (broad SMARTS) is 1. The van der Waals surface area contributed by atoms with E-state index in [1.807, 2.05) is 13.8 Å². The van der Waals surface area contributed by atoms with Gasteiger partial charge in [0.1, 0.15) is 27.9 Å². The van der Waals surface area contributed by atoms with Crippen molar-refractivity contribution in [3.05, 3.63) is 16.8 Å². The van der Waals surface area contributed by atoms with E-state index in [0.29, 0.717) is 33.1 Å². The lowest BCUT2D eigenvalue weighted by Gasteiger charge is -2.21. The van der Waals surface area contributed by atoms with Crippen molar-refractivity contribution < 1.29 is 19.4 Å². The Kier molecular flexibility index (Phi) is 5.71. The Labute approximate surface area is 144 Å². The predicted octanol–water partition coefficient (Wildman–Crippen LogP) is 3.09. The van der Waals surface area contributed by atoms with Crippen LogP contribution in [0.3, 0.4) is 0 Å². The summed E-state index contributed by atoms with van der Waals surface area (Å²) in [6.07, 6.45) is 2.08. The number of nitrogens with one attached hydrogen (secondary N) is 1. The number of carboxylic acids is 1. The molecule has 130 valence electrons. The summed E-state index contributed by atoms with van der Waals surface area (Å²) in [4.78, 5) is 33.1. The molecule has 0 aliphatic heterocycles. The molecule has 2 N–H and O–H groups in total. The molecule has 8 heteroatoms. The lowest BCUT2D eigenvalue weighted by molar-refractivity contribution is -0.139. The monoisotopic (exact) mass is 351 g/mol. The molecule has 2 unspecified atom stereocenters. The van der Waals surface area contributed by atoms with Crippen LogP contribution in [0.25, 0.3) is 10.2 Å². The Morgan fingerprint density at radius 1 is 1.38 bits per heavy atom. The van der Waals surface area contributed by atoms with Gasteiger partial charge in [-0.05, 0) is 25.3 Å². The number of ether oxygens (including phenoxy) is 1. The quantitative estimate of drug-likeness (QED) is 0.739. The van der Waals surface area contributed by atoms with Crippen molar-refractivity contribution in [1.29, 1.82) is 0 Å². The minimum atomic E-state index is -0.936. The highest BCUT2D eigenvalue weighted by Crippen LogP contribution is 2.34. The van der Waals surface area contributed by atoms with E-state index in [4.69, 9.17) is 4.74 Å². The summed E-state index contributed by atoms with van der Waals surface area (Å²) in [6.45, 7) is 7.63. The van der Waals surface area contributed by atoms with Gasteiger partial charge < -0.3 is 15.2 Å². The fraction of sp³-hybridized carbons (Fsp3) is 0.500. The van der Waals surface area contributed by atoms with E-state index in [2.05, 4.69) is 15.3 Å². The summed E-state index contributed by atoms with van der Waals surface area (Å²) < 4.78 is 5.06. The summed E-state index contributed by atoms with van der Waals surface area (Å²) in [5.74, 6) is -0.983. The number of esters is 1. The van der Waals surface area contributed by atoms with E-state index in [1.165, 1.54) is 17.7 Å². The molecular formula is C16H21N3O4S. The first-order valence-corrected chi connectivity index (χ1v) is 8.62. The summed E-state index contributed by atoms with van der Waals surface area (Å²) in [5.41, 5.74) is 0.699. The van der Waals surface area contributed by atoms with Crippen LogP contribution >= 0.6 is 11.3 Å². The Bertz CT molecular complexity index is 759. The number of fused-ring (bicyclic) bond motifs is 1. The Morgan fingerprint density at radius 3 is 2.67 bits per heavy atom. The number of nitrogens with zero attached hydrogens (tertiary/aromatic N) is 2. The topological polar surface area (TPSA) is 101 Å². The fourth-order valence-corrected chi connectivity index (χ4v) is 3.45. The van der Waals surface area contributed by atoms with Gasteiger partial charge in [0.15, 0.2) is 0 Å². The van der Waals surface area contributed by atoms with Crippen LogP contribution in [0.5, 0.6) is 0 Å². The zero-order valence-corrected chi connectivity index (χ0v) is 14.9. The van der Waals surface area contributed by atoms with Gasteiger partial charge in [-0.3, -0.25) is 0 Å². The maximum Gasteiger partial charge on any atom is 0.348 e. The molecule has 0 aliphatic carbocycles. The Morgan fingerprint density at radius 2 is 2.08 bits per heavy atom. The molecule has 0 bridgehead atoms. The summed E-state index contributed by atoms with van der Waals surface area (Å²) >= 11 is 1.22. The van der Waals surface area contributed by atoms with E-state index < -0.39 is 18.0 Å². The van der Waals surface area contributed by atoms with Gasteiger partial charge in [-0.1, -0.05) is 20.3 Å². The van der Waals surface area contributed by atoms with Crippen LogP contribution in [0.4, 0.5) is 5.82 Å². The number of rotatable bonds is 7. The van der Waals surface area contributed by atoms with Crippen LogP contribution in [0, 0.1) is 12.8 Å². The number of hydrogen-bond donors (Lipinski definition) is 2. The largest absolute Gasteiger partial charge is 0.480 e. The van der Waals surface area contributed by atoms with Gasteiger partial charge in [-0.25, -0.2) is 19.6 Å². The average Bonchev–Trinajstić information content (AvgIpc) is 2.89. The zero-order valence-electron chi connectivity index (χ0n) is 14.1. The van der Waals surface area contributed by atoms with Gasteiger partial charge in [-0.2, -0.15) is 0 Å². The first kappa shape index (κ1) is 18.1. The summed E-state index contributed by atoms with van der Waals surface area (Å²) in [6, 6.07) is -0.765. The number of anilines is 1. The molecule has 0 radical (unpaired) electrons. The third-order valence-electron chi connectivity index (χ3n) is 3.96. The van der Waals surface area contributed by atoms with Crippen LogP contribution in [0.2, 0.25) is 0 Å². The van der Waals surface area contributed by atoms with Gasteiger partial charge in [0.2, 0.25) is 0 Å². The van der Waals surface area contributed by atoms with Gasteiger partial charge in [0.05, 0.1) is 12.0 Å². The van der Waals surface area contributed by atoms with Gasteiger partial charge >= 0.3 is 11.9 Å². The second-order valence-electron chi connectivity index (χ2n) is 5.52. The maximum atomic E-state index is 12.1. The van der Waals surface area contributed by atoms with Gasteiger partial charge in [0.25, 0.3) is 0 Å². The molecule has 0 aliphatic rings. The van der Waals surface area contributed by atoms with Gasteiger partial charge in [-0.15, -0.1) is 11.3 Å². The second kappa shape index (κ2) is 7.57. The number of carbonyl (C=O) groups is 2. The number of aliphatic carboxylic acids is 1. The minimum Gasteiger partial charge on any atom is -0.480 e. The van der Waals surface area contributed by atoms with Crippen LogP contribution in [0.1, 0.15) is 42.4 Å². The molecule has 0 fully saturated rings. The number of hydrogen-bond acceptors (Lipinski definition) is 7.